The van der Waals surface area contributed by atoms with E-state index in [0.717, 1.165) is 18.7 Å². The summed E-state index contributed by atoms with van der Waals surface area (Å²) in [5.74, 6) is 0.658. The minimum Gasteiger partial charge on any atom is -0.330 e. The van der Waals surface area contributed by atoms with Crippen LogP contribution in [0.1, 0.15) is 35.7 Å². The lowest BCUT2D eigenvalue weighted by Gasteiger charge is -2.06. The third-order valence-corrected chi connectivity index (χ3v) is 3.37. The third-order valence-electron chi connectivity index (χ3n) is 3.37. The largest absolute Gasteiger partial charge is 0.330 e. The fourth-order valence-corrected chi connectivity index (χ4v) is 2.35. The summed E-state index contributed by atoms with van der Waals surface area (Å²) in [7, 11) is 0. The lowest BCUT2D eigenvalue weighted by molar-refractivity contribution is 0.619. The van der Waals surface area contributed by atoms with Gasteiger partial charge in [-0.25, -0.2) is 4.68 Å². The number of benzene rings is 1. The van der Waals surface area contributed by atoms with Gasteiger partial charge in [0.2, 0.25) is 0 Å². The molecule has 0 amide bonds. The quantitative estimate of drug-likeness (QED) is 0.868. The fourth-order valence-electron chi connectivity index (χ4n) is 2.35. The van der Waals surface area contributed by atoms with Crippen molar-refractivity contribution in [3.8, 4) is 0 Å². The molecule has 3 rings (SSSR count). The summed E-state index contributed by atoms with van der Waals surface area (Å²) in [6.07, 6.45) is 3.36. The first-order valence-corrected chi connectivity index (χ1v) is 6.54. The Labute approximate surface area is 107 Å². The van der Waals surface area contributed by atoms with Crippen molar-refractivity contribution >= 4 is 0 Å². The van der Waals surface area contributed by atoms with Crippen molar-refractivity contribution in [2.75, 3.05) is 6.54 Å². The SMILES string of the molecule is NCCc1nnn(Cc2ccccc2)c1C1CC1. The van der Waals surface area contributed by atoms with Crippen LogP contribution in [0.4, 0.5) is 0 Å². The van der Waals surface area contributed by atoms with Gasteiger partial charge in [-0.15, -0.1) is 5.10 Å². The van der Waals surface area contributed by atoms with E-state index in [1.165, 1.54) is 24.1 Å². The summed E-state index contributed by atoms with van der Waals surface area (Å²) in [6, 6.07) is 10.4. The molecule has 1 fully saturated rings. The predicted molar refractivity (Wildman–Crippen MR) is 70.3 cm³/mol. The summed E-state index contributed by atoms with van der Waals surface area (Å²) in [4.78, 5) is 0. The molecule has 1 aromatic heterocycles. The number of hydrogen-bond donors (Lipinski definition) is 1. The van der Waals surface area contributed by atoms with Crippen LogP contribution in [0.3, 0.4) is 0 Å². The van der Waals surface area contributed by atoms with E-state index in [-0.39, 0.29) is 0 Å². The molecule has 1 aromatic carbocycles. The van der Waals surface area contributed by atoms with Crippen molar-refractivity contribution in [3.63, 3.8) is 0 Å². The average molecular weight is 242 g/mol. The Kier molecular flexibility index (Phi) is 3.11. The number of hydrogen-bond acceptors (Lipinski definition) is 3. The lowest BCUT2D eigenvalue weighted by Crippen LogP contribution is -2.08. The number of aromatic nitrogens is 3. The van der Waals surface area contributed by atoms with Gasteiger partial charge in [0.15, 0.2) is 0 Å². The zero-order valence-corrected chi connectivity index (χ0v) is 10.4. The van der Waals surface area contributed by atoms with Gasteiger partial charge in [0.1, 0.15) is 0 Å². The van der Waals surface area contributed by atoms with Crippen LogP contribution in [-0.4, -0.2) is 21.5 Å². The van der Waals surface area contributed by atoms with Gasteiger partial charge in [0.05, 0.1) is 17.9 Å². The summed E-state index contributed by atoms with van der Waals surface area (Å²) < 4.78 is 2.05. The Morgan fingerprint density at radius 2 is 2.00 bits per heavy atom. The molecule has 2 aromatic rings. The van der Waals surface area contributed by atoms with Crippen LogP contribution in [0.2, 0.25) is 0 Å². The second kappa shape index (κ2) is 4.90. The lowest BCUT2D eigenvalue weighted by atomic mass is 10.1. The highest BCUT2D eigenvalue weighted by molar-refractivity contribution is 5.23. The standard InChI is InChI=1S/C14H18N4/c15-9-8-13-14(12-6-7-12)18(17-16-13)10-11-4-2-1-3-5-11/h1-5,12H,6-10,15H2. The van der Waals surface area contributed by atoms with Crippen molar-refractivity contribution in [3.05, 3.63) is 47.3 Å². The molecule has 4 heteroatoms. The van der Waals surface area contributed by atoms with Crippen molar-refractivity contribution in [2.24, 2.45) is 5.73 Å². The summed E-state index contributed by atoms with van der Waals surface area (Å²) >= 11 is 0. The molecule has 1 aliphatic rings. The number of nitrogens with zero attached hydrogens (tertiary/aromatic N) is 3. The molecule has 0 aliphatic heterocycles. The Hall–Kier alpha value is -1.68. The maximum Gasteiger partial charge on any atom is 0.0874 e. The van der Waals surface area contributed by atoms with Crippen molar-refractivity contribution in [1.82, 2.24) is 15.0 Å². The maximum absolute atomic E-state index is 5.63. The van der Waals surface area contributed by atoms with Gasteiger partial charge in [-0.05, 0) is 24.9 Å². The van der Waals surface area contributed by atoms with Crippen molar-refractivity contribution in [2.45, 2.75) is 31.7 Å². The molecule has 94 valence electrons. The summed E-state index contributed by atoms with van der Waals surface area (Å²) in [6.45, 7) is 1.45. The highest BCUT2D eigenvalue weighted by atomic mass is 15.4. The zero-order valence-electron chi connectivity index (χ0n) is 10.4. The molecular formula is C14H18N4. The van der Waals surface area contributed by atoms with Crippen molar-refractivity contribution < 1.29 is 0 Å². The zero-order chi connectivity index (χ0) is 12.4. The molecular weight excluding hydrogens is 224 g/mol. The predicted octanol–water partition coefficient (Wildman–Crippen LogP) is 1.70. The topological polar surface area (TPSA) is 56.7 Å². The molecule has 1 aliphatic carbocycles. The van der Waals surface area contributed by atoms with Crippen LogP contribution in [0, 0.1) is 0 Å². The number of nitrogens with two attached hydrogens (primary N) is 1. The highest BCUT2D eigenvalue weighted by Gasteiger charge is 2.30. The molecule has 0 radical (unpaired) electrons. The van der Waals surface area contributed by atoms with Crippen molar-refractivity contribution in [1.29, 1.82) is 0 Å². The Bertz CT molecular complexity index is 514. The Morgan fingerprint density at radius 1 is 1.22 bits per heavy atom. The van der Waals surface area contributed by atoms with Crippen LogP contribution >= 0.6 is 0 Å². The second-order valence-corrected chi connectivity index (χ2v) is 4.88. The molecule has 0 bridgehead atoms. The van der Waals surface area contributed by atoms with Crippen LogP contribution < -0.4 is 5.73 Å². The Morgan fingerprint density at radius 3 is 2.67 bits per heavy atom. The van der Waals surface area contributed by atoms with Gasteiger partial charge >= 0.3 is 0 Å². The van der Waals surface area contributed by atoms with E-state index in [2.05, 4.69) is 39.3 Å². The first kappa shape index (κ1) is 11.4. The molecule has 0 saturated heterocycles. The van der Waals surface area contributed by atoms with E-state index in [1.54, 1.807) is 0 Å². The maximum atomic E-state index is 5.63. The van der Waals surface area contributed by atoms with Gasteiger partial charge in [-0.1, -0.05) is 35.5 Å². The molecule has 1 saturated carbocycles. The molecule has 4 nitrogen and oxygen atoms in total. The minimum atomic E-state index is 0.643. The molecule has 1 heterocycles. The fraction of sp³-hybridized carbons (Fsp3) is 0.429. The molecule has 2 N–H and O–H groups in total. The van der Waals surface area contributed by atoms with Gasteiger partial charge in [0, 0.05) is 12.3 Å². The summed E-state index contributed by atoms with van der Waals surface area (Å²) in [5.41, 5.74) is 9.30. The second-order valence-electron chi connectivity index (χ2n) is 4.88. The van der Waals surface area contributed by atoms with Crippen LogP contribution in [0.25, 0.3) is 0 Å². The molecule has 0 unspecified atom stereocenters. The molecule has 18 heavy (non-hydrogen) atoms. The minimum absolute atomic E-state index is 0.643. The van der Waals surface area contributed by atoms with Crippen LogP contribution in [0.15, 0.2) is 30.3 Å². The van der Waals surface area contributed by atoms with E-state index in [0.29, 0.717) is 12.5 Å². The molecule has 0 atom stereocenters. The van der Waals surface area contributed by atoms with Crippen LogP contribution in [0.5, 0.6) is 0 Å². The van der Waals surface area contributed by atoms with Gasteiger partial charge in [0.25, 0.3) is 0 Å². The van der Waals surface area contributed by atoms with Gasteiger partial charge < -0.3 is 5.73 Å². The highest BCUT2D eigenvalue weighted by Crippen LogP contribution is 2.41. The van der Waals surface area contributed by atoms with Gasteiger partial charge in [-0.3, -0.25) is 0 Å². The first-order valence-electron chi connectivity index (χ1n) is 6.54. The first-order chi connectivity index (χ1) is 8.88. The van der Waals surface area contributed by atoms with E-state index in [4.69, 9.17) is 5.73 Å². The Balaban J connectivity index is 1.87. The third kappa shape index (κ3) is 2.29. The number of rotatable bonds is 5. The van der Waals surface area contributed by atoms with Crippen LogP contribution in [-0.2, 0) is 13.0 Å². The van der Waals surface area contributed by atoms with E-state index >= 15 is 0 Å². The monoisotopic (exact) mass is 242 g/mol. The van der Waals surface area contributed by atoms with Gasteiger partial charge in [-0.2, -0.15) is 0 Å². The average Bonchev–Trinajstić information content (AvgIpc) is 3.16. The van der Waals surface area contributed by atoms with E-state index < -0.39 is 0 Å². The molecule has 0 spiro atoms. The normalized spacial score (nSPS) is 14.9. The summed E-state index contributed by atoms with van der Waals surface area (Å²) in [5, 5.41) is 8.60. The van der Waals surface area contributed by atoms with E-state index in [9.17, 15) is 0 Å². The smallest absolute Gasteiger partial charge is 0.0874 e. The van der Waals surface area contributed by atoms with E-state index in [1.807, 2.05) is 6.07 Å².